The van der Waals surface area contributed by atoms with Gasteiger partial charge in [-0.3, -0.25) is 4.40 Å². The first kappa shape index (κ1) is 17.8. The zero-order valence-electron chi connectivity index (χ0n) is 15.4. The highest BCUT2D eigenvalue weighted by Crippen LogP contribution is 2.33. The Hall–Kier alpha value is -2.30. The van der Waals surface area contributed by atoms with E-state index in [0.717, 1.165) is 24.9 Å². The van der Waals surface area contributed by atoms with Crippen molar-refractivity contribution < 1.29 is 8.42 Å². The average Bonchev–Trinajstić information content (AvgIpc) is 3.43. The highest BCUT2D eigenvalue weighted by Gasteiger charge is 2.33. The Morgan fingerprint density at radius 2 is 2.07 bits per heavy atom. The van der Waals surface area contributed by atoms with Crippen LogP contribution < -0.4 is 0 Å². The summed E-state index contributed by atoms with van der Waals surface area (Å²) in [6.45, 7) is 3.14. The summed E-state index contributed by atoms with van der Waals surface area (Å²) in [5.41, 5.74) is 3.36. The van der Waals surface area contributed by atoms with E-state index in [0.29, 0.717) is 24.0 Å². The van der Waals surface area contributed by atoms with Gasteiger partial charge in [0.2, 0.25) is 0 Å². The van der Waals surface area contributed by atoms with Crippen LogP contribution in [0.4, 0.5) is 0 Å². The molecule has 0 saturated carbocycles. The second-order valence-corrected chi connectivity index (χ2v) is 9.76. The van der Waals surface area contributed by atoms with Crippen LogP contribution >= 0.6 is 11.3 Å². The standard InChI is InChI=1S/C18H20N6O2S2/c1-2-13-9-16-20-12-21-24(16)11-15(13)14-3-5-22(6-4-14)28(25,26)17-10-19-18-23(17)7-8-27-18/h7-12,14H,2-6H2,1H3. The molecule has 0 radical (unpaired) electrons. The monoisotopic (exact) mass is 416 g/mol. The molecule has 10 heteroatoms. The lowest BCUT2D eigenvalue weighted by atomic mass is 9.87. The van der Waals surface area contributed by atoms with Crippen LogP contribution in [0.3, 0.4) is 0 Å². The van der Waals surface area contributed by atoms with Crippen molar-refractivity contribution in [3.05, 3.63) is 47.5 Å². The van der Waals surface area contributed by atoms with E-state index < -0.39 is 10.0 Å². The lowest BCUT2D eigenvalue weighted by Crippen LogP contribution is -2.38. The van der Waals surface area contributed by atoms with E-state index >= 15 is 0 Å². The number of sulfonamides is 1. The van der Waals surface area contributed by atoms with Crippen LogP contribution in [0.15, 0.2) is 41.4 Å². The molecule has 0 aromatic carbocycles. The molecule has 0 aliphatic carbocycles. The Morgan fingerprint density at radius 3 is 2.86 bits per heavy atom. The van der Waals surface area contributed by atoms with Crippen LogP contribution in [0.1, 0.15) is 36.8 Å². The minimum atomic E-state index is -3.55. The highest BCUT2D eigenvalue weighted by atomic mass is 32.2. The summed E-state index contributed by atoms with van der Waals surface area (Å²) in [7, 11) is -3.55. The van der Waals surface area contributed by atoms with Gasteiger partial charge in [0.25, 0.3) is 10.0 Å². The number of fused-ring (bicyclic) bond motifs is 2. The van der Waals surface area contributed by atoms with Crippen LogP contribution in [-0.2, 0) is 16.4 Å². The molecule has 0 bridgehead atoms. The summed E-state index contributed by atoms with van der Waals surface area (Å²) < 4.78 is 31.3. The van der Waals surface area contributed by atoms with Gasteiger partial charge in [-0.05, 0) is 42.4 Å². The minimum Gasteiger partial charge on any atom is -0.280 e. The smallest absolute Gasteiger partial charge is 0.260 e. The van der Waals surface area contributed by atoms with Crippen molar-refractivity contribution >= 4 is 32.0 Å². The third kappa shape index (κ3) is 2.75. The summed E-state index contributed by atoms with van der Waals surface area (Å²) in [6.07, 6.45) is 9.33. The first-order valence-corrected chi connectivity index (χ1v) is 11.6. The Kier molecular flexibility index (Phi) is 4.22. The van der Waals surface area contributed by atoms with Gasteiger partial charge in [0, 0.05) is 30.9 Å². The van der Waals surface area contributed by atoms with Crippen LogP contribution in [-0.4, -0.2) is 49.8 Å². The van der Waals surface area contributed by atoms with E-state index in [1.54, 1.807) is 25.7 Å². The largest absolute Gasteiger partial charge is 0.280 e. The first-order valence-electron chi connectivity index (χ1n) is 9.31. The van der Waals surface area contributed by atoms with E-state index in [2.05, 4.69) is 34.3 Å². The summed E-state index contributed by atoms with van der Waals surface area (Å²) >= 11 is 1.43. The van der Waals surface area contributed by atoms with E-state index in [9.17, 15) is 8.42 Å². The maximum absolute atomic E-state index is 13.1. The van der Waals surface area contributed by atoms with Gasteiger partial charge in [0.05, 0.1) is 6.20 Å². The summed E-state index contributed by atoms with van der Waals surface area (Å²) in [5, 5.41) is 6.35. The Bertz CT molecular complexity index is 1250. The molecular weight excluding hydrogens is 396 g/mol. The number of aromatic nitrogens is 5. The predicted octanol–water partition coefficient (Wildman–Crippen LogP) is 2.57. The summed E-state index contributed by atoms with van der Waals surface area (Å²) in [4.78, 5) is 9.17. The number of pyridine rings is 1. The molecule has 5 rings (SSSR count). The lowest BCUT2D eigenvalue weighted by molar-refractivity contribution is 0.317. The van der Waals surface area contributed by atoms with Crippen molar-refractivity contribution in [2.45, 2.75) is 37.1 Å². The van der Waals surface area contributed by atoms with Crippen molar-refractivity contribution in [3.63, 3.8) is 0 Å². The van der Waals surface area contributed by atoms with E-state index in [-0.39, 0.29) is 5.03 Å². The Morgan fingerprint density at radius 1 is 1.25 bits per heavy atom. The minimum absolute atomic E-state index is 0.250. The van der Waals surface area contributed by atoms with Gasteiger partial charge in [-0.25, -0.2) is 22.9 Å². The number of nitrogens with zero attached hydrogens (tertiary/aromatic N) is 6. The molecule has 5 heterocycles. The number of imidazole rings is 1. The van der Waals surface area contributed by atoms with Gasteiger partial charge in [0.1, 0.15) is 6.33 Å². The fraction of sp³-hybridized carbons (Fsp3) is 0.389. The molecule has 1 aliphatic heterocycles. The molecule has 8 nitrogen and oxygen atoms in total. The predicted molar refractivity (Wildman–Crippen MR) is 106 cm³/mol. The normalized spacial score (nSPS) is 17.0. The fourth-order valence-electron chi connectivity index (χ4n) is 4.03. The number of hydrogen-bond acceptors (Lipinski definition) is 6. The van der Waals surface area contributed by atoms with Crippen molar-refractivity contribution in [1.29, 1.82) is 0 Å². The number of thiazole rings is 1. The molecular formula is C18H20N6O2S2. The van der Waals surface area contributed by atoms with Crippen molar-refractivity contribution in [3.8, 4) is 0 Å². The van der Waals surface area contributed by atoms with Crippen LogP contribution in [0.2, 0.25) is 0 Å². The molecule has 146 valence electrons. The first-order chi connectivity index (χ1) is 13.6. The van der Waals surface area contributed by atoms with E-state index in [1.165, 1.54) is 28.7 Å². The third-order valence-electron chi connectivity index (χ3n) is 5.53. The molecule has 1 aliphatic rings. The number of aryl methyl sites for hydroxylation is 1. The maximum atomic E-state index is 13.1. The molecule has 0 atom stereocenters. The molecule has 0 unspecified atom stereocenters. The van der Waals surface area contributed by atoms with Crippen LogP contribution in [0.5, 0.6) is 0 Å². The summed E-state index contributed by atoms with van der Waals surface area (Å²) in [6, 6.07) is 2.09. The molecule has 28 heavy (non-hydrogen) atoms. The average molecular weight is 417 g/mol. The SMILES string of the molecule is CCc1cc2ncnn2cc1C1CCN(S(=O)(=O)c2cnc3sccn23)CC1. The van der Waals surface area contributed by atoms with Crippen LogP contribution in [0, 0.1) is 0 Å². The quantitative estimate of drug-likeness (QED) is 0.510. The Balaban J connectivity index is 1.40. The van der Waals surface area contributed by atoms with Crippen molar-refractivity contribution in [2.75, 3.05) is 13.1 Å². The summed E-state index contributed by atoms with van der Waals surface area (Å²) in [5.74, 6) is 0.321. The zero-order valence-corrected chi connectivity index (χ0v) is 17.0. The molecule has 0 N–H and O–H groups in total. The van der Waals surface area contributed by atoms with E-state index in [4.69, 9.17) is 0 Å². The van der Waals surface area contributed by atoms with Gasteiger partial charge in [-0.15, -0.1) is 11.3 Å². The van der Waals surface area contributed by atoms with Crippen molar-refractivity contribution in [2.24, 2.45) is 0 Å². The fourth-order valence-corrected chi connectivity index (χ4v) is 6.31. The van der Waals surface area contributed by atoms with Gasteiger partial charge >= 0.3 is 0 Å². The second kappa shape index (κ2) is 6.64. The van der Waals surface area contributed by atoms with E-state index in [1.807, 2.05) is 5.38 Å². The van der Waals surface area contributed by atoms with Crippen molar-refractivity contribution in [1.82, 2.24) is 28.3 Å². The number of rotatable bonds is 4. The highest BCUT2D eigenvalue weighted by molar-refractivity contribution is 7.89. The molecule has 1 saturated heterocycles. The Labute approximate surface area is 166 Å². The van der Waals surface area contributed by atoms with Gasteiger partial charge < -0.3 is 0 Å². The third-order valence-corrected chi connectivity index (χ3v) is 8.17. The zero-order chi connectivity index (χ0) is 19.3. The van der Waals surface area contributed by atoms with Gasteiger partial charge in [-0.1, -0.05) is 6.92 Å². The lowest BCUT2D eigenvalue weighted by Gasteiger charge is -2.32. The second-order valence-electron chi connectivity index (χ2n) is 7.00. The van der Waals surface area contributed by atoms with Crippen LogP contribution in [0.25, 0.3) is 10.6 Å². The molecule has 0 amide bonds. The topological polar surface area (TPSA) is 84.9 Å². The molecule has 0 spiro atoms. The number of piperidine rings is 1. The van der Waals surface area contributed by atoms with Gasteiger partial charge in [-0.2, -0.15) is 9.40 Å². The number of hydrogen-bond donors (Lipinski definition) is 0. The maximum Gasteiger partial charge on any atom is 0.260 e. The molecule has 4 aromatic rings. The molecule has 4 aromatic heterocycles. The van der Waals surface area contributed by atoms with Gasteiger partial charge in [0.15, 0.2) is 15.6 Å². The molecule has 1 fully saturated rings.